The van der Waals surface area contributed by atoms with Gasteiger partial charge in [-0.1, -0.05) is 0 Å². The molecule has 170 valence electrons. The van der Waals surface area contributed by atoms with E-state index in [1.165, 1.54) is 13.8 Å². The van der Waals surface area contributed by atoms with Gasteiger partial charge < -0.3 is 35.0 Å². The van der Waals surface area contributed by atoms with Crippen molar-refractivity contribution in [3.05, 3.63) is 33.4 Å². The summed E-state index contributed by atoms with van der Waals surface area (Å²) in [4.78, 5) is 38.1. The quantitative estimate of drug-likeness (QED) is 0.404. The molecule has 2 aliphatic carbocycles. The van der Waals surface area contributed by atoms with E-state index in [2.05, 4.69) is 0 Å². The van der Waals surface area contributed by atoms with Gasteiger partial charge >= 0.3 is 5.97 Å². The molecule has 3 aliphatic heterocycles. The number of carboxylic acid groups (broad SMARTS) is 1. The van der Waals surface area contributed by atoms with Gasteiger partial charge in [0, 0.05) is 35.1 Å². The van der Waals surface area contributed by atoms with Gasteiger partial charge in [0.2, 0.25) is 0 Å². The van der Waals surface area contributed by atoms with E-state index in [0.717, 1.165) is 0 Å². The summed E-state index contributed by atoms with van der Waals surface area (Å²) in [5, 5.41) is 52.8. The Morgan fingerprint density at radius 3 is 2.38 bits per heavy atom. The molecule has 0 spiro atoms. The zero-order chi connectivity index (χ0) is 23.3. The van der Waals surface area contributed by atoms with Crippen molar-refractivity contribution in [2.75, 3.05) is 0 Å². The van der Waals surface area contributed by atoms with Crippen LogP contribution in [-0.4, -0.2) is 73.1 Å². The van der Waals surface area contributed by atoms with Crippen molar-refractivity contribution in [2.24, 2.45) is 0 Å². The van der Waals surface area contributed by atoms with E-state index in [1.807, 2.05) is 0 Å². The Labute approximate surface area is 181 Å². The van der Waals surface area contributed by atoms with Gasteiger partial charge in [-0.15, -0.1) is 0 Å². The van der Waals surface area contributed by atoms with Crippen LogP contribution in [0.1, 0.15) is 64.6 Å². The maximum Gasteiger partial charge on any atom is 0.305 e. The number of ether oxygens (including phenoxy) is 2. The number of carbonyl (C=O) groups excluding carboxylic acids is 2. The molecule has 3 heterocycles. The number of aromatic hydroxyl groups is 2. The predicted octanol–water partition coefficient (Wildman–Crippen LogP) is 0.533. The molecule has 1 aromatic rings. The summed E-state index contributed by atoms with van der Waals surface area (Å²) in [6, 6.07) is 0. The second-order valence-electron chi connectivity index (χ2n) is 8.83. The number of carboxylic acids is 1. The van der Waals surface area contributed by atoms with Crippen LogP contribution in [0.15, 0.2) is 11.1 Å². The number of hydrogen-bond acceptors (Lipinski definition) is 9. The number of ketones is 2. The lowest BCUT2D eigenvalue weighted by molar-refractivity contribution is -0.207. The van der Waals surface area contributed by atoms with Crippen LogP contribution in [0.4, 0.5) is 0 Å². The molecule has 5 N–H and O–H groups in total. The van der Waals surface area contributed by atoms with Gasteiger partial charge in [-0.25, -0.2) is 0 Å². The van der Waals surface area contributed by atoms with Gasteiger partial charge in [0.05, 0.1) is 48.1 Å². The molecule has 5 aliphatic rings. The van der Waals surface area contributed by atoms with Crippen LogP contribution in [0.3, 0.4) is 0 Å². The van der Waals surface area contributed by atoms with E-state index in [9.17, 15) is 34.8 Å². The molecular weight excluding hydrogens is 424 g/mol. The number of hydrogen-bond donors (Lipinski definition) is 5. The number of rotatable bonds is 2. The van der Waals surface area contributed by atoms with Crippen LogP contribution in [-0.2, 0) is 20.7 Å². The highest BCUT2D eigenvalue weighted by Crippen LogP contribution is 2.54. The number of Topliss-reactive ketones (excluding diaryl/α,β-unsaturated/α-hetero) is 2. The molecule has 10 nitrogen and oxygen atoms in total. The topological polar surface area (TPSA) is 171 Å². The smallest absolute Gasteiger partial charge is 0.305 e. The number of benzene rings is 1. The molecule has 32 heavy (non-hydrogen) atoms. The zero-order valence-corrected chi connectivity index (χ0v) is 17.3. The third-order valence-corrected chi connectivity index (χ3v) is 7.08. The molecule has 2 bridgehead atoms. The van der Waals surface area contributed by atoms with Gasteiger partial charge in [-0.2, -0.15) is 0 Å². The zero-order valence-electron chi connectivity index (χ0n) is 17.3. The largest absolute Gasteiger partial charge is 0.507 e. The maximum absolute atomic E-state index is 13.5. The summed E-state index contributed by atoms with van der Waals surface area (Å²) in [7, 11) is 0. The average Bonchev–Trinajstić information content (AvgIpc) is 2.69. The van der Waals surface area contributed by atoms with Crippen molar-refractivity contribution < 1.29 is 49.4 Å². The molecule has 0 aromatic heterocycles. The van der Waals surface area contributed by atoms with E-state index in [-0.39, 0.29) is 41.5 Å². The fourth-order valence-corrected chi connectivity index (χ4v) is 5.64. The van der Waals surface area contributed by atoms with Crippen LogP contribution in [0.2, 0.25) is 0 Å². The predicted molar refractivity (Wildman–Crippen MR) is 105 cm³/mol. The highest BCUT2D eigenvalue weighted by molar-refractivity contribution is 6.30. The Hall–Kier alpha value is -2.79. The van der Waals surface area contributed by atoms with Crippen molar-refractivity contribution in [1.29, 1.82) is 0 Å². The van der Waals surface area contributed by atoms with Gasteiger partial charge in [0.1, 0.15) is 17.1 Å². The lowest BCUT2D eigenvalue weighted by Gasteiger charge is -2.52. The Bertz CT molecular complexity index is 1120. The van der Waals surface area contributed by atoms with Crippen LogP contribution >= 0.6 is 0 Å². The minimum Gasteiger partial charge on any atom is -0.507 e. The molecular formula is C22H22O10. The van der Waals surface area contributed by atoms with Crippen molar-refractivity contribution in [3.63, 3.8) is 0 Å². The minimum atomic E-state index is -2.14. The second-order valence-corrected chi connectivity index (χ2v) is 8.83. The van der Waals surface area contributed by atoms with E-state index < -0.39 is 76.3 Å². The molecule has 6 rings (SSSR count). The summed E-state index contributed by atoms with van der Waals surface area (Å²) in [6.45, 7) is 3.02. The molecule has 0 radical (unpaired) electrons. The Morgan fingerprint density at radius 2 is 1.75 bits per heavy atom. The molecule has 1 aromatic carbocycles. The SMILES string of the molecule is CC1OC(CC(=O)O)Cc2c(O)c3c(c(O)c21)C(=O)C1=C(C3=O)C2CC(O)C1(O)C(C)O2. The fourth-order valence-electron chi connectivity index (χ4n) is 5.64. The number of fused-ring (bicyclic) bond motifs is 4. The number of aliphatic carboxylic acids is 1. The average molecular weight is 446 g/mol. The lowest BCUT2D eigenvalue weighted by atomic mass is 9.63. The van der Waals surface area contributed by atoms with Crippen molar-refractivity contribution in [1.82, 2.24) is 0 Å². The van der Waals surface area contributed by atoms with Gasteiger partial charge in [0.25, 0.3) is 0 Å². The normalized spacial score (nSPS) is 35.4. The van der Waals surface area contributed by atoms with E-state index in [0.29, 0.717) is 0 Å². The van der Waals surface area contributed by atoms with E-state index in [4.69, 9.17) is 14.6 Å². The van der Waals surface area contributed by atoms with Crippen LogP contribution in [0, 0.1) is 0 Å². The Balaban J connectivity index is 1.73. The summed E-state index contributed by atoms with van der Waals surface area (Å²) in [5.74, 6) is -3.84. The second kappa shape index (κ2) is 6.61. The first kappa shape index (κ1) is 21.1. The molecule has 6 unspecified atom stereocenters. The number of carbonyl (C=O) groups is 3. The number of phenolic OH excluding ortho intramolecular Hbond substituents is 2. The molecule has 1 saturated heterocycles. The van der Waals surface area contributed by atoms with Gasteiger partial charge in [-0.05, 0) is 13.8 Å². The summed E-state index contributed by atoms with van der Waals surface area (Å²) in [5.41, 5.74) is -3.23. The molecule has 6 atom stereocenters. The Morgan fingerprint density at radius 1 is 1.09 bits per heavy atom. The lowest BCUT2D eigenvalue weighted by Crippen LogP contribution is -2.66. The third-order valence-electron chi connectivity index (χ3n) is 7.08. The molecule has 10 heteroatoms. The molecule has 0 saturated carbocycles. The molecule has 1 fully saturated rings. The van der Waals surface area contributed by atoms with E-state index in [1.54, 1.807) is 0 Å². The molecule has 0 amide bonds. The van der Waals surface area contributed by atoms with Crippen LogP contribution in [0.25, 0.3) is 0 Å². The first-order valence-corrected chi connectivity index (χ1v) is 10.4. The van der Waals surface area contributed by atoms with Gasteiger partial charge in [0.15, 0.2) is 11.6 Å². The summed E-state index contributed by atoms with van der Waals surface area (Å²) >= 11 is 0. The number of phenols is 2. The van der Waals surface area contributed by atoms with Crippen LogP contribution < -0.4 is 0 Å². The summed E-state index contributed by atoms with van der Waals surface area (Å²) in [6.07, 6.45) is -5.45. The minimum absolute atomic E-state index is 0.0777. The highest BCUT2D eigenvalue weighted by Gasteiger charge is 2.62. The van der Waals surface area contributed by atoms with Crippen molar-refractivity contribution in [3.8, 4) is 11.5 Å². The van der Waals surface area contributed by atoms with Crippen molar-refractivity contribution in [2.45, 2.75) is 69.2 Å². The van der Waals surface area contributed by atoms with Gasteiger partial charge in [-0.3, -0.25) is 14.4 Å². The van der Waals surface area contributed by atoms with Crippen LogP contribution in [0.5, 0.6) is 11.5 Å². The maximum atomic E-state index is 13.5. The number of aliphatic hydroxyl groups is 2. The van der Waals surface area contributed by atoms with Crippen molar-refractivity contribution >= 4 is 17.5 Å². The highest BCUT2D eigenvalue weighted by atomic mass is 16.5. The Kier molecular flexibility index (Phi) is 4.35. The third kappa shape index (κ3) is 2.46. The standard InChI is InChI=1S/C22H22O10/c1-6-13-9(3-8(31-6)4-12(24)25)18(26)15-16(19(13)27)21(29)17-14(20(15)28)10-5-11(23)22(17,30)7(2)32-10/h6-8,10-11,23,26-27,30H,3-5H2,1-2H3,(H,24,25). The number of aliphatic hydroxyl groups excluding tert-OH is 1. The van der Waals surface area contributed by atoms with E-state index >= 15 is 0 Å². The summed E-state index contributed by atoms with van der Waals surface area (Å²) < 4.78 is 11.3. The fraction of sp³-hybridized carbons (Fsp3) is 0.500. The monoisotopic (exact) mass is 446 g/mol. The first-order valence-electron chi connectivity index (χ1n) is 10.4. The first-order chi connectivity index (χ1) is 15.0.